The third-order valence-electron chi connectivity index (χ3n) is 4.49. The van der Waals surface area contributed by atoms with Crippen molar-refractivity contribution >= 4 is 22.4 Å². The van der Waals surface area contributed by atoms with Crippen LogP contribution in [0.2, 0.25) is 0 Å². The van der Waals surface area contributed by atoms with Gasteiger partial charge in [-0.15, -0.1) is 5.10 Å². The first-order chi connectivity index (χ1) is 12.2. The molecule has 0 radical (unpaired) electrons. The van der Waals surface area contributed by atoms with Crippen molar-refractivity contribution in [2.45, 2.75) is 19.9 Å². The molecule has 128 valence electrons. The number of hydrogen-bond donors (Lipinski definition) is 1. The molecule has 7 heteroatoms. The van der Waals surface area contributed by atoms with E-state index >= 15 is 0 Å². The number of nitrogens with one attached hydrogen (secondary N) is 1. The quantitative estimate of drug-likeness (QED) is 0.791. The van der Waals surface area contributed by atoms with Gasteiger partial charge in [-0.05, 0) is 25.5 Å². The Morgan fingerprint density at radius 1 is 1.36 bits per heavy atom. The maximum atomic E-state index is 12.5. The minimum atomic E-state index is -0.268. The second-order valence-electron chi connectivity index (χ2n) is 6.31. The first-order valence-electron chi connectivity index (χ1n) is 8.34. The van der Waals surface area contributed by atoms with E-state index in [0.717, 1.165) is 48.3 Å². The number of anilines is 1. The van der Waals surface area contributed by atoms with Gasteiger partial charge in [0.2, 0.25) is 0 Å². The number of rotatable bonds is 4. The van der Waals surface area contributed by atoms with Gasteiger partial charge in [-0.25, -0.2) is 0 Å². The van der Waals surface area contributed by atoms with Crippen LogP contribution in [0.4, 0.5) is 5.69 Å². The number of amides is 1. The van der Waals surface area contributed by atoms with Gasteiger partial charge in [0.25, 0.3) is 5.91 Å². The fraction of sp³-hybridized carbons (Fsp3) is 0.333. The molecule has 1 fully saturated rings. The normalized spacial score (nSPS) is 17.1. The number of fused-ring (bicyclic) bond motifs is 1. The molecule has 4 rings (SSSR count). The van der Waals surface area contributed by atoms with Crippen molar-refractivity contribution in [2.24, 2.45) is 5.92 Å². The van der Waals surface area contributed by atoms with E-state index in [1.807, 2.05) is 31.2 Å². The van der Waals surface area contributed by atoms with Crippen molar-refractivity contribution in [3.05, 3.63) is 48.0 Å². The van der Waals surface area contributed by atoms with Crippen LogP contribution in [-0.4, -0.2) is 39.1 Å². The lowest BCUT2D eigenvalue weighted by atomic mass is 10.1. The van der Waals surface area contributed by atoms with Gasteiger partial charge in [0.1, 0.15) is 0 Å². The zero-order valence-corrected chi connectivity index (χ0v) is 14.0. The molecule has 1 atom stereocenters. The SMILES string of the molecule is Cc1nccc2c(NC(=O)c3cn(CC4CCOC4)nn3)cccc12. The highest BCUT2D eigenvalue weighted by atomic mass is 16.5. The fourth-order valence-corrected chi connectivity index (χ4v) is 3.13. The molecule has 1 unspecified atom stereocenters. The van der Waals surface area contributed by atoms with Crippen molar-refractivity contribution in [1.29, 1.82) is 0 Å². The molecular formula is C18H19N5O2. The molecule has 1 N–H and O–H groups in total. The van der Waals surface area contributed by atoms with Crippen molar-refractivity contribution in [1.82, 2.24) is 20.0 Å². The number of carbonyl (C=O) groups excluding carboxylic acids is 1. The molecule has 0 saturated carbocycles. The van der Waals surface area contributed by atoms with Crippen molar-refractivity contribution in [3.8, 4) is 0 Å². The molecule has 0 spiro atoms. The molecule has 2 aromatic heterocycles. The number of ether oxygens (including phenoxy) is 1. The van der Waals surface area contributed by atoms with Crippen LogP contribution in [0.15, 0.2) is 36.7 Å². The summed E-state index contributed by atoms with van der Waals surface area (Å²) in [6.07, 6.45) is 4.45. The molecule has 1 aliphatic rings. The molecule has 3 aromatic rings. The van der Waals surface area contributed by atoms with Gasteiger partial charge in [-0.1, -0.05) is 17.3 Å². The van der Waals surface area contributed by atoms with E-state index in [9.17, 15) is 4.79 Å². The fourth-order valence-electron chi connectivity index (χ4n) is 3.13. The Labute approximate surface area is 145 Å². The number of hydrogen-bond acceptors (Lipinski definition) is 5. The van der Waals surface area contributed by atoms with Gasteiger partial charge in [0, 0.05) is 47.4 Å². The molecule has 7 nitrogen and oxygen atoms in total. The Bertz CT molecular complexity index is 915. The topological polar surface area (TPSA) is 81.9 Å². The largest absolute Gasteiger partial charge is 0.381 e. The molecule has 25 heavy (non-hydrogen) atoms. The molecule has 1 aromatic carbocycles. The Hall–Kier alpha value is -2.80. The summed E-state index contributed by atoms with van der Waals surface area (Å²) in [4.78, 5) is 16.8. The van der Waals surface area contributed by atoms with Crippen LogP contribution in [0.3, 0.4) is 0 Å². The molecule has 0 bridgehead atoms. The minimum absolute atomic E-state index is 0.268. The zero-order chi connectivity index (χ0) is 17.2. The molecule has 1 aliphatic heterocycles. The summed E-state index contributed by atoms with van der Waals surface area (Å²) in [5, 5.41) is 13.0. The Morgan fingerprint density at radius 2 is 2.28 bits per heavy atom. The number of pyridine rings is 1. The maximum absolute atomic E-state index is 12.5. The second-order valence-corrected chi connectivity index (χ2v) is 6.31. The highest BCUT2D eigenvalue weighted by Crippen LogP contribution is 2.25. The predicted molar refractivity (Wildman–Crippen MR) is 93.4 cm³/mol. The Balaban J connectivity index is 1.52. The third-order valence-corrected chi connectivity index (χ3v) is 4.49. The van der Waals surface area contributed by atoms with Crippen LogP contribution < -0.4 is 5.32 Å². The molecule has 1 amide bonds. The average Bonchev–Trinajstić information content (AvgIpc) is 3.28. The second kappa shape index (κ2) is 6.60. The summed E-state index contributed by atoms with van der Waals surface area (Å²) in [7, 11) is 0. The van der Waals surface area contributed by atoms with Crippen molar-refractivity contribution in [2.75, 3.05) is 18.5 Å². The van der Waals surface area contributed by atoms with Crippen molar-refractivity contribution < 1.29 is 9.53 Å². The third kappa shape index (κ3) is 3.23. The highest BCUT2D eigenvalue weighted by molar-refractivity contribution is 6.08. The van der Waals surface area contributed by atoms with Gasteiger partial charge in [0.05, 0.1) is 12.8 Å². The zero-order valence-electron chi connectivity index (χ0n) is 14.0. The molecule has 1 saturated heterocycles. The minimum Gasteiger partial charge on any atom is -0.381 e. The Morgan fingerprint density at radius 3 is 3.12 bits per heavy atom. The summed E-state index contributed by atoms with van der Waals surface area (Å²) in [5.41, 5.74) is 1.98. The first kappa shape index (κ1) is 15.7. The maximum Gasteiger partial charge on any atom is 0.277 e. The highest BCUT2D eigenvalue weighted by Gasteiger charge is 2.18. The van der Waals surface area contributed by atoms with Gasteiger partial charge >= 0.3 is 0 Å². The summed E-state index contributed by atoms with van der Waals surface area (Å²) in [6.45, 7) is 4.21. The van der Waals surface area contributed by atoms with E-state index in [1.165, 1.54) is 0 Å². The van der Waals surface area contributed by atoms with E-state index < -0.39 is 0 Å². The number of nitrogens with zero attached hydrogens (tertiary/aromatic N) is 4. The van der Waals surface area contributed by atoms with E-state index in [0.29, 0.717) is 11.6 Å². The molecule has 3 heterocycles. The predicted octanol–water partition coefficient (Wildman–Crippen LogP) is 2.42. The lowest BCUT2D eigenvalue weighted by Crippen LogP contribution is -2.13. The van der Waals surface area contributed by atoms with Gasteiger partial charge in [-0.3, -0.25) is 14.5 Å². The summed E-state index contributed by atoms with van der Waals surface area (Å²) >= 11 is 0. The summed E-state index contributed by atoms with van der Waals surface area (Å²) < 4.78 is 7.08. The van der Waals surface area contributed by atoms with E-state index in [1.54, 1.807) is 17.1 Å². The monoisotopic (exact) mass is 337 g/mol. The van der Waals surface area contributed by atoms with Crippen molar-refractivity contribution in [3.63, 3.8) is 0 Å². The van der Waals surface area contributed by atoms with Gasteiger partial charge in [0.15, 0.2) is 5.69 Å². The summed E-state index contributed by atoms with van der Waals surface area (Å²) in [6, 6.07) is 7.67. The standard InChI is InChI=1S/C18H19N5O2/c1-12-14-3-2-4-16(15(14)5-7-19-12)20-18(24)17-10-23(22-21-17)9-13-6-8-25-11-13/h2-5,7,10,13H,6,8-9,11H2,1H3,(H,20,24). The number of benzene rings is 1. The number of aromatic nitrogens is 4. The van der Waals surface area contributed by atoms with E-state index in [-0.39, 0.29) is 5.91 Å². The van der Waals surface area contributed by atoms with Crippen LogP contribution >= 0.6 is 0 Å². The van der Waals surface area contributed by atoms with E-state index in [4.69, 9.17) is 4.74 Å². The first-order valence-corrected chi connectivity index (χ1v) is 8.34. The number of carbonyl (C=O) groups is 1. The number of aryl methyl sites for hydroxylation is 1. The lowest BCUT2D eigenvalue weighted by Gasteiger charge is -2.08. The lowest BCUT2D eigenvalue weighted by molar-refractivity contribution is 0.102. The molecule has 0 aliphatic carbocycles. The van der Waals surface area contributed by atoms with Crippen LogP contribution in [0, 0.1) is 12.8 Å². The van der Waals surface area contributed by atoms with Gasteiger partial charge in [-0.2, -0.15) is 0 Å². The molecular weight excluding hydrogens is 318 g/mol. The Kier molecular flexibility index (Phi) is 4.15. The van der Waals surface area contributed by atoms with Crippen LogP contribution in [0.25, 0.3) is 10.8 Å². The average molecular weight is 337 g/mol. The van der Waals surface area contributed by atoms with E-state index in [2.05, 4.69) is 20.6 Å². The van der Waals surface area contributed by atoms with Crippen LogP contribution in [0.5, 0.6) is 0 Å². The van der Waals surface area contributed by atoms with Crippen LogP contribution in [0.1, 0.15) is 22.6 Å². The van der Waals surface area contributed by atoms with Crippen LogP contribution in [-0.2, 0) is 11.3 Å². The smallest absolute Gasteiger partial charge is 0.277 e. The summed E-state index contributed by atoms with van der Waals surface area (Å²) in [5.74, 6) is 0.169. The van der Waals surface area contributed by atoms with Gasteiger partial charge < -0.3 is 10.1 Å².